The molecule has 1 aliphatic heterocycles. The van der Waals surface area contributed by atoms with Crippen LogP contribution < -0.4 is 10.6 Å². The first-order chi connectivity index (χ1) is 10.0. The van der Waals surface area contributed by atoms with Crippen LogP contribution in [0.15, 0.2) is 24.3 Å². The van der Waals surface area contributed by atoms with E-state index in [1.807, 2.05) is 36.1 Å². The zero-order valence-electron chi connectivity index (χ0n) is 12.7. The first-order valence-corrected chi connectivity index (χ1v) is 7.40. The number of piperidine rings is 1. The fourth-order valence-electron chi connectivity index (χ4n) is 2.55. The van der Waals surface area contributed by atoms with Gasteiger partial charge in [0.25, 0.3) is 0 Å². The first-order valence-electron chi connectivity index (χ1n) is 7.40. The third-order valence-electron chi connectivity index (χ3n) is 3.78. The van der Waals surface area contributed by atoms with Gasteiger partial charge < -0.3 is 15.5 Å². The summed E-state index contributed by atoms with van der Waals surface area (Å²) in [6, 6.07) is 8.12. The zero-order valence-corrected chi connectivity index (χ0v) is 12.7. The number of carbonyl (C=O) groups excluding carboxylic acids is 2. The van der Waals surface area contributed by atoms with Crippen LogP contribution in [0.4, 0.5) is 5.69 Å². The SMILES string of the molecule is CC(=O)N1CCC(NC(=O)CNc2cccc(C)c2)CC1. The van der Waals surface area contributed by atoms with Crippen molar-refractivity contribution in [1.29, 1.82) is 0 Å². The van der Waals surface area contributed by atoms with Gasteiger partial charge in [-0.2, -0.15) is 0 Å². The van der Waals surface area contributed by atoms with Crippen molar-refractivity contribution in [3.05, 3.63) is 29.8 Å². The lowest BCUT2D eigenvalue weighted by Crippen LogP contribution is -2.47. The molecular formula is C16H23N3O2. The summed E-state index contributed by atoms with van der Waals surface area (Å²) in [5.41, 5.74) is 2.12. The average Bonchev–Trinajstić information content (AvgIpc) is 2.46. The molecule has 0 atom stereocenters. The Labute approximate surface area is 125 Å². The molecule has 1 saturated heterocycles. The van der Waals surface area contributed by atoms with E-state index in [0.29, 0.717) is 0 Å². The Balaban J connectivity index is 1.72. The second kappa shape index (κ2) is 7.11. The van der Waals surface area contributed by atoms with E-state index < -0.39 is 0 Å². The van der Waals surface area contributed by atoms with Crippen LogP contribution in [0.3, 0.4) is 0 Å². The second-order valence-corrected chi connectivity index (χ2v) is 5.57. The third kappa shape index (κ3) is 4.77. The molecule has 2 N–H and O–H groups in total. The molecule has 0 aliphatic carbocycles. The number of amides is 2. The minimum Gasteiger partial charge on any atom is -0.376 e. The van der Waals surface area contributed by atoms with Gasteiger partial charge in [0.15, 0.2) is 0 Å². The molecule has 1 aromatic rings. The van der Waals surface area contributed by atoms with Crippen molar-refractivity contribution in [3.63, 3.8) is 0 Å². The Kier molecular flexibility index (Phi) is 5.20. The van der Waals surface area contributed by atoms with Gasteiger partial charge >= 0.3 is 0 Å². The molecule has 5 nitrogen and oxygen atoms in total. The van der Waals surface area contributed by atoms with Gasteiger partial charge in [-0.1, -0.05) is 12.1 Å². The van der Waals surface area contributed by atoms with Crippen LogP contribution in [0.5, 0.6) is 0 Å². The molecule has 1 aliphatic rings. The van der Waals surface area contributed by atoms with Gasteiger partial charge in [0.05, 0.1) is 6.54 Å². The molecule has 2 rings (SSSR count). The van der Waals surface area contributed by atoms with Crippen LogP contribution in [-0.4, -0.2) is 42.4 Å². The molecule has 0 bridgehead atoms. The summed E-state index contributed by atoms with van der Waals surface area (Å²) in [6.45, 7) is 5.34. The second-order valence-electron chi connectivity index (χ2n) is 5.57. The lowest BCUT2D eigenvalue weighted by molar-refractivity contribution is -0.130. The van der Waals surface area contributed by atoms with Crippen LogP contribution in [0.1, 0.15) is 25.3 Å². The summed E-state index contributed by atoms with van der Waals surface area (Å²) in [6.07, 6.45) is 1.66. The smallest absolute Gasteiger partial charge is 0.239 e. The van der Waals surface area contributed by atoms with Crippen molar-refractivity contribution in [1.82, 2.24) is 10.2 Å². The first kappa shape index (κ1) is 15.4. The van der Waals surface area contributed by atoms with E-state index in [9.17, 15) is 9.59 Å². The molecule has 1 aromatic carbocycles. The number of carbonyl (C=O) groups is 2. The number of nitrogens with zero attached hydrogens (tertiary/aromatic N) is 1. The summed E-state index contributed by atoms with van der Waals surface area (Å²) in [5, 5.41) is 6.15. The van der Waals surface area contributed by atoms with E-state index in [0.717, 1.165) is 37.2 Å². The fraction of sp³-hybridized carbons (Fsp3) is 0.500. The predicted molar refractivity (Wildman–Crippen MR) is 83.1 cm³/mol. The van der Waals surface area contributed by atoms with Crippen LogP contribution >= 0.6 is 0 Å². The summed E-state index contributed by atoms with van der Waals surface area (Å²) < 4.78 is 0. The van der Waals surface area contributed by atoms with E-state index in [1.54, 1.807) is 6.92 Å². The number of aryl methyl sites for hydroxylation is 1. The van der Waals surface area contributed by atoms with E-state index >= 15 is 0 Å². The number of hydrogen-bond donors (Lipinski definition) is 2. The Bertz CT molecular complexity index is 508. The van der Waals surface area contributed by atoms with Crippen LogP contribution in [0, 0.1) is 6.92 Å². The van der Waals surface area contributed by atoms with E-state index in [2.05, 4.69) is 10.6 Å². The third-order valence-corrected chi connectivity index (χ3v) is 3.78. The highest BCUT2D eigenvalue weighted by Crippen LogP contribution is 2.11. The van der Waals surface area contributed by atoms with E-state index in [1.165, 1.54) is 0 Å². The fourth-order valence-corrected chi connectivity index (χ4v) is 2.55. The molecule has 0 aromatic heterocycles. The molecule has 5 heteroatoms. The molecule has 2 amide bonds. The summed E-state index contributed by atoms with van der Waals surface area (Å²) in [4.78, 5) is 25.0. The van der Waals surface area contributed by atoms with Crippen molar-refractivity contribution >= 4 is 17.5 Å². The van der Waals surface area contributed by atoms with Crippen LogP contribution in [0.2, 0.25) is 0 Å². The Morgan fingerprint density at radius 1 is 1.29 bits per heavy atom. The minimum absolute atomic E-state index is 0.00205. The molecule has 0 unspecified atom stereocenters. The van der Waals surface area contributed by atoms with Crippen molar-refractivity contribution in [2.45, 2.75) is 32.7 Å². The van der Waals surface area contributed by atoms with Gasteiger partial charge in [0.2, 0.25) is 11.8 Å². The number of benzene rings is 1. The quantitative estimate of drug-likeness (QED) is 0.884. The maximum Gasteiger partial charge on any atom is 0.239 e. The van der Waals surface area contributed by atoms with E-state index in [4.69, 9.17) is 0 Å². The molecule has 1 fully saturated rings. The van der Waals surface area contributed by atoms with Crippen molar-refractivity contribution in [2.24, 2.45) is 0 Å². The number of hydrogen-bond acceptors (Lipinski definition) is 3. The molecule has 114 valence electrons. The number of nitrogens with one attached hydrogen (secondary N) is 2. The highest BCUT2D eigenvalue weighted by Gasteiger charge is 2.21. The number of likely N-dealkylation sites (tertiary alicyclic amines) is 1. The van der Waals surface area contributed by atoms with Crippen molar-refractivity contribution < 1.29 is 9.59 Å². The molecule has 1 heterocycles. The summed E-state index contributed by atoms with van der Waals surface area (Å²) >= 11 is 0. The zero-order chi connectivity index (χ0) is 15.2. The maximum absolute atomic E-state index is 11.9. The van der Waals surface area contributed by atoms with Gasteiger partial charge in [-0.25, -0.2) is 0 Å². The minimum atomic E-state index is -0.00205. The normalized spacial score (nSPS) is 15.6. The van der Waals surface area contributed by atoms with Gasteiger partial charge in [0.1, 0.15) is 0 Å². The standard InChI is InChI=1S/C16H23N3O2/c1-12-4-3-5-15(10-12)17-11-16(21)18-14-6-8-19(9-7-14)13(2)20/h3-5,10,14,17H,6-9,11H2,1-2H3,(H,18,21). The van der Waals surface area contributed by atoms with Gasteiger partial charge in [-0.15, -0.1) is 0 Å². The lowest BCUT2D eigenvalue weighted by atomic mass is 10.1. The van der Waals surface area contributed by atoms with Gasteiger partial charge in [-0.3, -0.25) is 9.59 Å². The highest BCUT2D eigenvalue weighted by atomic mass is 16.2. The summed E-state index contributed by atoms with van der Waals surface area (Å²) in [5.74, 6) is 0.110. The van der Waals surface area contributed by atoms with E-state index in [-0.39, 0.29) is 24.4 Å². The molecular weight excluding hydrogens is 266 g/mol. The average molecular weight is 289 g/mol. The Hall–Kier alpha value is -2.04. The van der Waals surface area contributed by atoms with Gasteiger partial charge in [0, 0.05) is 31.7 Å². The van der Waals surface area contributed by atoms with Gasteiger partial charge in [-0.05, 0) is 37.5 Å². The molecule has 0 radical (unpaired) electrons. The Morgan fingerprint density at radius 3 is 2.62 bits per heavy atom. The molecule has 21 heavy (non-hydrogen) atoms. The summed E-state index contributed by atoms with van der Waals surface area (Å²) in [7, 11) is 0. The Morgan fingerprint density at radius 2 is 2.00 bits per heavy atom. The van der Waals surface area contributed by atoms with Crippen LogP contribution in [0.25, 0.3) is 0 Å². The van der Waals surface area contributed by atoms with Crippen LogP contribution in [-0.2, 0) is 9.59 Å². The maximum atomic E-state index is 11.9. The molecule has 0 spiro atoms. The molecule has 0 saturated carbocycles. The highest BCUT2D eigenvalue weighted by molar-refractivity contribution is 5.81. The number of rotatable bonds is 4. The predicted octanol–water partition coefficient (Wildman–Crippen LogP) is 1.53. The monoisotopic (exact) mass is 289 g/mol. The number of anilines is 1. The van der Waals surface area contributed by atoms with Crippen molar-refractivity contribution in [2.75, 3.05) is 25.0 Å². The largest absolute Gasteiger partial charge is 0.376 e. The topological polar surface area (TPSA) is 61.4 Å². The van der Waals surface area contributed by atoms with Crippen molar-refractivity contribution in [3.8, 4) is 0 Å². The lowest BCUT2D eigenvalue weighted by Gasteiger charge is -2.31.